The second-order valence-corrected chi connectivity index (χ2v) is 5.46. The molecule has 1 saturated heterocycles. The number of methoxy groups -OCH3 is 2. The predicted molar refractivity (Wildman–Crippen MR) is 78.3 cm³/mol. The average Bonchev–Trinajstić information content (AvgIpc) is 2.48. The highest BCUT2D eigenvalue weighted by Crippen LogP contribution is 2.39. The third-order valence-corrected chi connectivity index (χ3v) is 4.20. The molecule has 0 bridgehead atoms. The van der Waals surface area contributed by atoms with Crippen LogP contribution in [0.2, 0.25) is 0 Å². The van der Waals surface area contributed by atoms with Crippen LogP contribution in [0.1, 0.15) is 36.0 Å². The quantitative estimate of drug-likeness (QED) is 0.919. The molecule has 0 spiro atoms. The Balaban J connectivity index is 2.41. The maximum Gasteiger partial charge on any atom is 0.166 e. The summed E-state index contributed by atoms with van der Waals surface area (Å²) in [5.74, 6) is 1.01. The molecule has 1 atom stereocenters. The maximum atomic E-state index is 14.4. The van der Waals surface area contributed by atoms with Gasteiger partial charge in [-0.25, -0.2) is 4.39 Å². The Morgan fingerprint density at radius 2 is 1.80 bits per heavy atom. The minimum Gasteiger partial charge on any atom is -0.493 e. The first-order valence-electron chi connectivity index (χ1n) is 7.23. The zero-order chi connectivity index (χ0) is 14.7. The minimum atomic E-state index is -0.187. The third kappa shape index (κ3) is 2.75. The van der Waals surface area contributed by atoms with Crippen LogP contribution in [0.15, 0.2) is 0 Å². The Morgan fingerprint density at radius 3 is 2.35 bits per heavy atom. The van der Waals surface area contributed by atoms with Gasteiger partial charge < -0.3 is 14.8 Å². The van der Waals surface area contributed by atoms with Crippen LogP contribution in [0, 0.1) is 19.7 Å². The first-order valence-corrected chi connectivity index (χ1v) is 7.23. The molecular formula is C16H24FNO2. The lowest BCUT2D eigenvalue weighted by atomic mass is 9.92. The Hall–Kier alpha value is -1.29. The van der Waals surface area contributed by atoms with Gasteiger partial charge in [-0.15, -0.1) is 0 Å². The summed E-state index contributed by atoms with van der Waals surface area (Å²) >= 11 is 0. The summed E-state index contributed by atoms with van der Waals surface area (Å²) in [4.78, 5) is 0. The molecule has 20 heavy (non-hydrogen) atoms. The molecule has 0 saturated carbocycles. The minimum absolute atomic E-state index is 0.187. The molecule has 0 amide bonds. The standard InChI is InChI=1S/C16H24FNO2/c1-10-13(9-12-7-5-6-8-18-12)16(20-4)15(19-3)11(2)14(10)17/h12,18H,5-9H2,1-4H3. The molecule has 0 aliphatic carbocycles. The van der Waals surface area contributed by atoms with Crippen LogP contribution >= 0.6 is 0 Å². The lowest BCUT2D eigenvalue weighted by molar-refractivity contribution is 0.339. The summed E-state index contributed by atoms with van der Waals surface area (Å²) in [6.07, 6.45) is 4.35. The van der Waals surface area contributed by atoms with Crippen LogP contribution in [-0.4, -0.2) is 26.8 Å². The van der Waals surface area contributed by atoms with Gasteiger partial charge >= 0.3 is 0 Å². The van der Waals surface area contributed by atoms with E-state index in [9.17, 15) is 4.39 Å². The first-order chi connectivity index (χ1) is 9.60. The predicted octanol–water partition coefficient (Wildman–Crippen LogP) is 3.14. The molecule has 0 aromatic heterocycles. The summed E-state index contributed by atoms with van der Waals surface area (Å²) in [6.45, 7) is 4.59. The number of ether oxygens (including phenoxy) is 2. The van der Waals surface area contributed by atoms with Crippen LogP contribution in [-0.2, 0) is 6.42 Å². The molecule has 1 aromatic carbocycles. The van der Waals surface area contributed by atoms with Crippen LogP contribution in [0.25, 0.3) is 0 Å². The van der Waals surface area contributed by atoms with E-state index in [-0.39, 0.29) is 5.82 Å². The number of halogens is 1. The summed E-state index contributed by atoms with van der Waals surface area (Å²) in [7, 11) is 3.18. The fraction of sp³-hybridized carbons (Fsp3) is 0.625. The third-order valence-electron chi connectivity index (χ3n) is 4.20. The van der Waals surface area contributed by atoms with Crippen LogP contribution in [0.3, 0.4) is 0 Å². The SMILES string of the molecule is COc1c(C)c(F)c(C)c(CC2CCCCN2)c1OC. The number of hydrogen-bond donors (Lipinski definition) is 1. The van der Waals surface area contributed by atoms with Crippen molar-refractivity contribution in [1.82, 2.24) is 5.32 Å². The Morgan fingerprint density at radius 1 is 1.10 bits per heavy atom. The van der Waals surface area contributed by atoms with Crippen molar-refractivity contribution in [3.63, 3.8) is 0 Å². The molecule has 1 N–H and O–H groups in total. The van der Waals surface area contributed by atoms with Gasteiger partial charge in [0.2, 0.25) is 0 Å². The Labute approximate surface area is 120 Å². The van der Waals surface area contributed by atoms with Crippen LogP contribution in [0.4, 0.5) is 4.39 Å². The van der Waals surface area contributed by atoms with Crippen molar-refractivity contribution in [2.45, 2.75) is 45.6 Å². The molecule has 1 unspecified atom stereocenters. The van der Waals surface area contributed by atoms with Crippen LogP contribution < -0.4 is 14.8 Å². The summed E-state index contributed by atoms with van der Waals surface area (Å²) in [5.41, 5.74) is 2.11. The number of benzene rings is 1. The fourth-order valence-corrected chi connectivity index (χ4v) is 3.04. The maximum absolute atomic E-state index is 14.4. The molecule has 1 aliphatic heterocycles. The lowest BCUT2D eigenvalue weighted by Gasteiger charge is -2.26. The summed E-state index contributed by atoms with van der Waals surface area (Å²) < 4.78 is 25.2. The monoisotopic (exact) mass is 281 g/mol. The second kappa shape index (κ2) is 6.44. The van der Waals surface area contributed by atoms with E-state index in [2.05, 4.69) is 5.32 Å². The first kappa shape index (κ1) is 15.1. The van der Waals surface area contributed by atoms with E-state index in [0.717, 1.165) is 24.9 Å². The van der Waals surface area contributed by atoms with Gasteiger partial charge in [0.1, 0.15) is 5.82 Å². The Kier molecular flexibility index (Phi) is 4.86. The van der Waals surface area contributed by atoms with Gasteiger partial charge in [-0.2, -0.15) is 0 Å². The molecule has 112 valence electrons. The van der Waals surface area contributed by atoms with Crippen molar-refractivity contribution in [3.8, 4) is 11.5 Å². The molecule has 3 nitrogen and oxygen atoms in total. The smallest absolute Gasteiger partial charge is 0.166 e. The van der Waals surface area contributed by atoms with Crippen LogP contribution in [0.5, 0.6) is 11.5 Å². The summed E-state index contributed by atoms with van der Waals surface area (Å²) in [5, 5.41) is 3.50. The van der Waals surface area contributed by atoms with Gasteiger partial charge in [0, 0.05) is 17.2 Å². The molecule has 0 radical (unpaired) electrons. The van der Waals surface area contributed by atoms with Gasteiger partial charge in [-0.1, -0.05) is 6.42 Å². The Bertz CT molecular complexity index is 482. The van der Waals surface area contributed by atoms with E-state index in [4.69, 9.17) is 9.47 Å². The number of hydrogen-bond acceptors (Lipinski definition) is 3. The molecule has 1 fully saturated rings. The van der Waals surface area contributed by atoms with Gasteiger partial charge in [-0.05, 0) is 45.2 Å². The lowest BCUT2D eigenvalue weighted by Crippen LogP contribution is -2.36. The molecule has 4 heteroatoms. The zero-order valence-electron chi connectivity index (χ0n) is 12.8. The number of piperidine rings is 1. The van der Waals surface area contributed by atoms with Crippen molar-refractivity contribution in [1.29, 1.82) is 0 Å². The highest BCUT2D eigenvalue weighted by atomic mass is 19.1. The van der Waals surface area contributed by atoms with E-state index in [1.54, 1.807) is 21.1 Å². The number of rotatable bonds is 4. The fourth-order valence-electron chi connectivity index (χ4n) is 3.04. The topological polar surface area (TPSA) is 30.5 Å². The molecule has 1 heterocycles. The molecule has 1 aromatic rings. The highest BCUT2D eigenvalue weighted by molar-refractivity contribution is 5.56. The molecule has 1 aliphatic rings. The van der Waals surface area contributed by atoms with Gasteiger partial charge in [0.05, 0.1) is 14.2 Å². The summed E-state index contributed by atoms with van der Waals surface area (Å²) in [6, 6.07) is 0.392. The molecular weight excluding hydrogens is 257 g/mol. The van der Waals surface area contributed by atoms with Gasteiger partial charge in [0.25, 0.3) is 0 Å². The van der Waals surface area contributed by atoms with E-state index in [1.807, 2.05) is 6.92 Å². The van der Waals surface area contributed by atoms with Gasteiger partial charge in [-0.3, -0.25) is 0 Å². The number of nitrogens with one attached hydrogen (secondary N) is 1. The second-order valence-electron chi connectivity index (χ2n) is 5.46. The van der Waals surface area contributed by atoms with E-state index in [1.165, 1.54) is 12.8 Å². The van der Waals surface area contributed by atoms with Crippen molar-refractivity contribution in [3.05, 3.63) is 22.5 Å². The van der Waals surface area contributed by atoms with E-state index < -0.39 is 0 Å². The zero-order valence-corrected chi connectivity index (χ0v) is 12.8. The van der Waals surface area contributed by atoms with Crippen molar-refractivity contribution in [2.24, 2.45) is 0 Å². The molecule has 2 rings (SSSR count). The van der Waals surface area contributed by atoms with Crippen molar-refractivity contribution < 1.29 is 13.9 Å². The normalized spacial score (nSPS) is 18.9. The van der Waals surface area contributed by atoms with E-state index >= 15 is 0 Å². The van der Waals surface area contributed by atoms with E-state index in [0.29, 0.717) is 28.7 Å². The van der Waals surface area contributed by atoms with Crippen molar-refractivity contribution in [2.75, 3.05) is 20.8 Å². The average molecular weight is 281 g/mol. The highest BCUT2D eigenvalue weighted by Gasteiger charge is 2.24. The largest absolute Gasteiger partial charge is 0.493 e. The van der Waals surface area contributed by atoms with Crippen molar-refractivity contribution >= 4 is 0 Å². The van der Waals surface area contributed by atoms with Gasteiger partial charge in [0.15, 0.2) is 11.5 Å².